The summed E-state index contributed by atoms with van der Waals surface area (Å²) in [7, 11) is 0. The van der Waals surface area contributed by atoms with Crippen LogP contribution in [0.2, 0.25) is 0 Å². The number of carbonyl (C=O) groups excluding carboxylic acids is 2. The van der Waals surface area contributed by atoms with Gasteiger partial charge in [0.25, 0.3) is 0 Å². The summed E-state index contributed by atoms with van der Waals surface area (Å²) in [6, 6.07) is 13.6. The SMILES string of the molecule is CCCN1CCCc2cc(CCNC(=O)C(=O)Nc3ccccc3OCC)ccc21. The van der Waals surface area contributed by atoms with E-state index in [-0.39, 0.29) is 0 Å². The quantitative estimate of drug-likeness (QED) is 0.654. The first-order valence-corrected chi connectivity index (χ1v) is 10.8. The predicted octanol–water partition coefficient (Wildman–Crippen LogP) is 3.55. The summed E-state index contributed by atoms with van der Waals surface area (Å²) in [6.45, 7) is 7.18. The van der Waals surface area contributed by atoms with E-state index in [1.807, 2.05) is 13.0 Å². The molecule has 2 aromatic carbocycles. The number of ether oxygens (including phenoxy) is 1. The van der Waals surface area contributed by atoms with Crippen molar-refractivity contribution in [3.05, 3.63) is 53.6 Å². The topological polar surface area (TPSA) is 70.7 Å². The van der Waals surface area contributed by atoms with Gasteiger partial charge in [-0.3, -0.25) is 9.59 Å². The summed E-state index contributed by atoms with van der Waals surface area (Å²) in [5, 5.41) is 5.33. The van der Waals surface area contributed by atoms with Crippen LogP contribution in [0.15, 0.2) is 42.5 Å². The van der Waals surface area contributed by atoms with Crippen LogP contribution < -0.4 is 20.3 Å². The number of anilines is 2. The largest absolute Gasteiger partial charge is 0.492 e. The Labute approximate surface area is 178 Å². The van der Waals surface area contributed by atoms with Gasteiger partial charge in [-0.05, 0) is 61.9 Å². The summed E-state index contributed by atoms with van der Waals surface area (Å²) >= 11 is 0. The lowest BCUT2D eigenvalue weighted by molar-refractivity contribution is -0.136. The lowest BCUT2D eigenvalue weighted by Crippen LogP contribution is -2.36. The molecule has 160 valence electrons. The monoisotopic (exact) mass is 409 g/mol. The van der Waals surface area contributed by atoms with E-state index in [2.05, 4.69) is 40.7 Å². The van der Waals surface area contributed by atoms with Gasteiger partial charge in [0.1, 0.15) is 5.75 Å². The van der Waals surface area contributed by atoms with Crippen molar-refractivity contribution in [2.24, 2.45) is 0 Å². The van der Waals surface area contributed by atoms with Gasteiger partial charge in [-0.15, -0.1) is 0 Å². The zero-order valence-corrected chi connectivity index (χ0v) is 17.9. The molecule has 2 amide bonds. The Balaban J connectivity index is 1.51. The van der Waals surface area contributed by atoms with Gasteiger partial charge in [0, 0.05) is 25.3 Å². The summed E-state index contributed by atoms with van der Waals surface area (Å²) in [6.07, 6.45) is 4.11. The third kappa shape index (κ3) is 5.53. The van der Waals surface area contributed by atoms with Gasteiger partial charge in [-0.2, -0.15) is 0 Å². The van der Waals surface area contributed by atoms with E-state index < -0.39 is 11.8 Å². The van der Waals surface area contributed by atoms with Crippen LogP contribution in [-0.2, 0) is 22.4 Å². The molecule has 0 radical (unpaired) electrons. The lowest BCUT2D eigenvalue weighted by atomic mass is 9.98. The minimum atomic E-state index is -0.692. The molecule has 0 atom stereocenters. The molecule has 30 heavy (non-hydrogen) atoms. The van der Waals surface area contributed by atoms with Crippen LogP contribution in [0.3, 0.4) is 0 Å². The minimum absolute atomic E-state index is 0.414. The average molecular weight is 410 g/mol. The first-order valence-electron chi connectivity index (χ1n) is 10.8. The van der Waals surface area contributed by atoms with Crippen molar-refractivity contribution < 1.29 is 14.3 Å². The third-order valence-corrected chi connectivity index (χ3v) is 5.19. The number of aryl methyl sites for hydroxylation is 1. The number of carbonyl (C=O) groups is 2. The van der Waals surface area contributed by atoms with Gasteiger partial charge in [0.15, 0.2) is 0 Å². The first-order chi connectivity index (χ1) is 14.6. The van der Waals surface area contributed by atoms with Gasteiger partial charge in [0.2, 0.25) is 0 Å². The standard InChI is InChI=1S/C24H31N3O3/c1-3-15-27-16-7-8-19-17-18(11-12-21(19)27)13-14-25-23(28)24(29)26-20-9-5-6-10-22(20)30-4-2/h5-6,9-12,17H,3-4,7-8,13-16H2,1-2H3,(H,25,28)(H,26,29). The highest BCUT2D eigenvalue weighted by molar-refractivity contribution is 6.39. The van der Waals surface area contributed by atoms with Crippen LogP contribution in [0.4, 0.5) is 11.4 Å². The van der Waals surface area contributed by atoms with E-state index in [1.54, 1.807) is 18.2 Å². The molecule has 3 rings (SSSR count). The zero-order chi connectivity index (χ0) is 21.3. The van der Waals surface area contributed by atoms with Crippen LogP contribution in [0.1, 0.15) is 37.8 Å². The fourth-order valence-electron chi connectivity index (χ4n) is 3.82. The normalized spacial score (nSPS) is 12.8. The Bertz CT molecular complexity index is 882. The van der Waals surface area contributed by atoms with Crippen LogP contribution >= 0.6 is 0 Å². The van der Waals surface area contributed by atoms with Crippen LogP contribution in [0.25, 0.3) is 0 Å². The van der Waals surface area contributed by atoms with Crippen molar-refractivity contribution in [3.8, 4) is 5.75 Å². The Kier molecular flexibility index (Phi) is 7.71. The summed E-state index contributed by atoms with van der Waals surface area (Å²) in [4.78, 5) is 26.9. The second kappa shape index (κ2) is 10.7. The van der Waals surface area contributed by atoms with E-state index in [4.69, 9.17) is 4.74 Å². The molecule has 0 aromatic heterocycles. The Morgan fingerprint density at radius 1 is 1.10 bits per heavy atom. The van der Waals surface area contributed by atoms with Crippen molar-refractivity contribution in [1.82, 2.24) is 5.32 Å². The molecular weight excluding hydrogens is 378 g/mol. The maximum Gasteiger partial charge on any atom is 0.313 e. The fourth-order valence-corrected chi connectivity index (χ4v) is 3.82. The van der Waals surface area contributed by atoms with Gasteiger partial charge in [-0.25, -0.2) is 0 Å². The summed E-state index contributed by atoms with van der Waals surface area (Å²) < 4.78 is 5.47. The number of fused-ring (bicyclic) bond motifs is 1. The van der Waals surface area contributed by atoms with E-state index in [1.165, 1.54) is 23.2 Å². The molecule has 6 nitrogen and oxygen atoms in total. The number of benzene rings is 2. The molecule has 6 heteroatoms. The van der Waals surface area contributed by atoms with Gasteiger partial charge >= 0.3 is 11.8 Å². The van der Waals surface area contributed by atoms with Gasteiger partial charge in [-0.1, -0.05) is 31.2 Å². The molecule has 0 saturated carbocycles. The number of rotatable bonds is 8. The molecule has 0 spiro atoms. The molecule has 1 aliphatic rings. The van der Waals surface area contributed by atoms with Crippen molar-refractivity contribution in [3.63, 3.8) is 0 Å². The minimum Gasteiger partial charge on any atom is -0.492 e. The second-order valence-corrected chi connectivity index (χ2v) is 7.44. The summed E-state index contributed by atoms with van der Waals surface area (Å²) in [5.74, 6) is -0.788. The number of hydrogen-bond donors (Lipinski definition) is 2. The first kappa shape index (κ1) is 21.7. The highest BCUT2D eigenvalue weighted by Gasteiger charge is 2.17. The number of nitrogens with zero attached hydrogens (tertiary/aromatic N) is 1. The van der Waals surface area contributed by atoms with Crippen LogP contribution in [0, 0.1) is 0 Å². The molecule has 2 aromatic rings. The molecule has 0 fully saturated rings. The molecule has 2 N–H and O–H groups in total. The van der Waals surface area contributed by atoms with Crippen LogP contribution in [0.5, 0.6) is 5.75 Å². The van der Waals surface area contributed by atoms with E-state index in [9.17, 15) is 9.59 Å². The van der Waals surface area contributed by atoms with Crippen molar-refractivity contribution in [2.75, 3.05) is 36.5 Å². The van der Waals surface area contributed by atoms with Crippen molar-refractivity contribution in [2.45, 2.75) is 39.5 Å². The van der Waals surface area contributed by atoms with E-state index in [0.717, 1.165) is 25.9 Å². The van der Waals surface area contributed by atoms with Crippen LogP contribution in [-0.4, -0.2) is 38.1 Å². The average Bonchev–Trinajstić information content (AvgIpc) is 2.75. The molecule has 0 saturated heterocycles. The van der Waals surface area contributed by atoms with E-state index >= 15 is 0 Å². The molecule has 0 aliphatic carbocycles. The highest BCUT2D eigenvalue weighted by Crippen LogP contribution is 2.28. The fraction of sp³-hybridized carbons (Fsp3) is 0.417. The van der Waals surface area contributed by atoms with Crippen molar-refractivity contribution >= 4 is 23.2 Å². The maximum atomic E-state index is 12.2. The molecule has 1 aliphatic heterocycles. The predicted molar refractivity (Wildman–Crippen MR) is 120 cm³/mol. The van der Waals surface area contributed by atoms with Crippen molar-refractivity contribution in [1.29, 1.82) is 0 Å². The van der Waals surface area contributed by atoms with E-state index in [0.29, 0.717) is 31.0 Å². The molecule has 0 unspecified atom stereocenters. The number of para-hydroxylation sites is 2. The lowest BCUT2D eigenvalue weighted by Gasteiger charge is -2.31. The molecular formula is C24H31N3O3. The maximum absolute atomic E-state index is 12.2. The highest BCUT2D eigenvalue weighted by atomic mass is 16.5. The number of hydrogen-bond acceptors (Lipinski definition) is 4. The Morgan fingerprint density at radius 3 is 2.73 bits per heavy atom. The smallest absolute Gasteiger partial charge is 0.313 e. The third-order valence-electron chi connectivity index (χ3n) is 5.19. The number of amides is 2. The summed E-state index contributed by atoms with van der Waals surface area (Å²) in [5.41, 5.74) is 4.38. The zero-order valence-electron chi connectivity index (χ0n) is 17.9. The number of nitrogens with one attached hydrogen (secondary N) is 2. The molecule has 1 heterocycles. The van der Waals surface area contributed by atoms with Gasteiger partial charge < -0.3 is 20.3 Å². The Morgan fingerprint density at radius 2 is 1.93 bits per heavy atom. The Hall–Kier alpha value is -3.02. The second-order valence-electron chi connectivity index (χ2n) is 7.44. The molecule has 0 bridgehead atoms. The van der Waals surface area contributed by atoms with Gasteiger partial charge in [0.05, 0.1) is 12.3 Å².